The normalized spacial score (nSPS) is 17.6. The molecule has 0 aliphatic carbocycles. The Hall–Kier alpha value is -2.23. The van der Waals surface area contributed by atoms with Gasteiger partial charge in [0.05, 0.1) is 24.2 Å². The number of carbonyl (C=O) groups is 2. The van der Waals surface area contributed by atoms with Crippen LogP contribution in [0.15, 0.2) is 18.2 Å². The average molecular weight is 372 g/mol. The minimum absolute atomic E-state index is 0.0722. The van der Waals surface area contributed by atoms with Crippen molar-refractivity contribution in [2.45, 2.75) is 6.10 Å². The molecule has 0 bridgehead atoms. The quantitative estimate of drug-likeness (QED) is 0.588. The molecule has 1 amide bonds. The molecule has 0 aromatic heterocycles. The second-order valence-corrected chi connectivity index (χ2v) is 6.19. The molecule has 9 nitrogen and oxygen atoms in total. The van der Waals surface area contributed by atoms with Crippen LogP contribution in [0.2, 0.25) is 5.02 Å². The Morgan fingerprint density at radius 3 is 2.88 bits per heavy atom. The summed E-state index contributed by atoms with van der Waals surface area (Å²) in [5, 5.41) is 20.2. The van der Waals surface area contributed by atoms with Crippen LogP contribution in [-0.2, 0) is 9.53 Å². The summed E-state index contributed by atoms with van der Waals surface area (Å²) in [6, 6.07) is 3.84. The summed E-state index contributed by atoms with van der Waals surface area (Å²) in [6.45, 7) is 0.959. The summed E-state index contributed by atoms with van der Waals surface area (Å²) in [5.41, 5.74) is -0.377. The van der Waals surface area contributed by atoms with E-state index in [0.29, 0.717) is 13.1 Å². The number of nitro groups is 1. The molecule has 1 heterocycles. The number of nitrogens with zero attached hydrogens (tertiary/aromatic N) is 3. The summed E-state index contributed by atoms with van der Waals surface area (Å²) < 4.78 is 5.56. The first kappa shape index (κ1) is 19.1. The molecule has 1 atom stereocenters. The van der Waals surface area contributed by atoms with Gasteiger partial charge in [0.1, 0.15) is 5.56 Å². The number of carbonyl (C=O) groups excluding carboxylic acids is 1. The average Bonchev–Trinajstić information content (AvgIpc) is 2.53. The van der Waals surface area contributed by atoms with Crippen molar-refractivity contribution in [1.29, 1.82) is 0 Å². The van der Waals surface area contributed by atoms with Crippen LogP contribution in [0.1, 0.15) is 10.4 Å². The van der Waals surface area contributed by atoms with Crippen LogP contribution in [0, 0.1) is 10.1 Å². The van der Waals surface area contributed by atoms with E-state index in [0.717, 1.165) is 0 Å². The summed E-state index contributed by atoms with van der Waals surface area (Å²) in [5.74, 6) is -1.45. The highest BCUT2D eigenvalue weighted by atomic mass is 35.5. The number of benzene rings is 1. The maximum atomic E-state index is 12.7. The van der Waals surface area contributed by atoms with Crippen molar-refractivity contribution in [3.05, 3.63) is 38.9 Å². The topological polar surface area (TPSA) is 113 Å². The smallest absolute Gasteiger partial charge is 0.317 e. The number of carboxylic acids is 1. The van der Waals surface area contributed by atoms with Gasteiger partial charge in [0, 0.05) is 30.7 Å². The van der Waals surface area contributed by atoms with Gasteiger partial charge in [0.2, 0.25) is 0 Å². The number of hydrogen-bond acceptors (Lipinski definition) is 6. The van der Waals surface area contributed by atoms with E-state index < -0.39 is 16.8 Å². The van der Waals surface area contributed by atoms with E-state index in [2.05, 4.69) is 0 Å². The van der Waals surface area contributed by atoms with Crippen molar-refractivity contribution in [2.75, 3.05) is 39.8 Å². The van der Waals surface area contributed by atoms with E-state index in [9.17, 15) is 19.7 Å². The molecule has 0 saturated carbocycles. The highest BCUT2D eigenvalue weighted by molar-refractivity contribution is 6.31. The minimum atomic E-state index is -0.958. The predicted molar refractivity (Wildman–Crippen MR) is 88.9 cm³/mol. The van der Waals surface area contributed by atoms with E-state index in [1.54, 1.807) is 11.9 Å². The fourth-order valence-corrected chi connectivity index (χ4v) is 2.84. The van der Waals surface area contributed by atoms with Crippen LogP contribution >= 0.6 is 11.6 Å². The second kappa shape index (κ2) is 8.24. The first-order valence-electron chi connectivity index (χ1n) is 7.53. The van der Waals surface area contributed by atoms with E-state index in [-0.39, 0.29) is 42.1 Å². The molecule has 0 radical (unpaired) electrons. The maximum absolute atomic E-state index is 12.7. The van der Waals surface area contributed by atoms with Crippen molar-refractivity contribution < 1.29 is 24.4 Å². The third-order valence-electron chi connectivity index (χ3n) is 3.73. The maximum Gasteiger partial charge on any atom is 0.317 e. The van der Waals surface area contributed by atoms with Crippen molar-refractivity contribution in [3.8, 4) is 0 Å². The Bertz CT molecular complexity index is 683. The van der Waals surface area contributed by atoms with Gasteiger partial charge in [-0.05, 0) is 19.2 Å². The fourth-order valence-electron chi connectivity index (χ4n) is 2.67. The monoisotopic (exact) mass is 371 g/mol. The molecule has 1 N–H and O–H groups in total. The second-order valence-electron chi connectivity index (χ2n) is 5.75. The molecule has 1 aromatic carbocycles. The van der Waals surface area contributed by atoms with Crippen LogP contribution < -0.4 is 0 Å². The number of rotatable bonds is 6. The SMILES string of the molecule is CN(CC(=O)O)CC1CN(C(=O)c2cc(Cl)ccc2[N+](=O)[O-])CCO1. The van der Waals surface area contributed by atoms with Gasteiger partial charge >= 0.3 is 5.97 Å². The number of likely N-dealkylation sites (N-methyl/N-ethyl adjacent to an activating group) is 1. The number of hydrogen-bond donors (Lipinski definition) is 1. The fraction of sp³-hybridized carbons (Fsp3) is 0.467. The molecule has 25 heavy (non-hydrogen) atoms. The predicted octanol–water partition coefficient (Wildman–Crippen LogP) is 1.11. The number of aliphatic carboxylic acids is 1. The van der Waals surface area contributed by atoms with E-state index >= 15 is 0 Å². The molecule has 10 heteroatoms. The number of ether oxygens (including phenoxy) is 1. The third kappa shape index (κ3) is 5.12. The lowest BCUT2D eigenvalue weighted by Gasteiger charge is -2.34. The highest BCUT2D eigenvalue weighted by Gasteiger charge is 2.30. The summed E-state index contributed by atoms with van der Waals surface area (Å²) >= 11 is 5.87. The van der Waals surface area contributed by atoms with Crippen LogP contribution in [-0.4, -0.2) is 77.6 Å². The molecular weight excluding hydrogens is 354 g/mol. The number of halogens is 1. The zero-order chi connectivity index (χ0) is 18.6. The molecule has 1 aromatic rings. The number of carboxylic acid groups (broad SMARTS) is 1. The van der Waals surface area contributed by atoms with Crippen molar-refractivity contribution in [2.24, 2.45) is 0 Å². The summed E-state index contributed by atoms with van der Waals surface area (Å²) in [6.07, 6.45) is -0.375. The van der Waals surface area contributed by atoms with Gasteiger partial charge in [-0.25, -0.2) is 0 Å². The van der Waals surface area contributed by atoms with Gasteiger partial charge in [-0.1, -0.05) is 11.6 Å². The van der Waals surface area contributed by atoms with Crippen LogP contribution in [0.25, 0.3) is 0 Å². The van der Waals surface area contributed by atoms with Gasteiger partial charge in [-0.2, -0.15) is 0 Å². The molecule has 1 fully saturated rings. The minimum Gasteiger partial charge on any atom is -0.480 e. The van der Waals surface area contributed by atoms with Gasteiger partial charge in [0.15, 0.2) is 0 Å². The van der Waals surface area contributed by atoms with Gasteiger partial charge in [-0.15, -0.1) is 0 Å². The molecule has 1 saturated heterocycles. The van der Waals surface area contributed by atoms with Gasteiger partial charge in [0.25, 0.3) is 11.6 Å². The molecular formula is C15H18ClN3O6. The molecule has 1 unspecified atom stereocenters. The summed E-state index contributed by atoms with van der Waals surface area (Å²) in [7, 11) is 1.64. The van der Waals surface area contributed by atoms with Crippen LogP contribution in [0.5, 0.6) is 0 Å². The zero-order valence-corrected chi connectivity index (χ0v) is 14.3. The molecule has 0 spiro atoms. The van der Waals surface area contributed by atoms with Crippen molar-refractivity contribution in [3.63, 3.8) is 0 Å². The Labute approximate surface area is 148 Å². The van der Waals surface area contributed by atoms with Gasteiger partial charge in [-0.3, -0.25) is 24.6 Å². The lowest BCUT2D eigenvalue weighted by atomic mass is 10.1. The molecule has 136 valence electrons. The van der Waals surface area contributed by atoms with Crippen molar-refractivity contribution >= 4 is 29.2 Å². The molecule has 2 rings (SSSR count). The number of morpholine rings is 1. The van der Waals surface area contributed by atoms with Crippen molar-refractivity contribution in [1.82, 2.24) is 9.80 Å². The van der Waals surface area contributed by atoms with E-state index in [1.807, 2.05) is 0 Å². The number of nitro benzene ring substituents is 1. The summed E-state index contributed by atoms with van der Waals surface area (Å²) in [4.78, 5) is 37.0. The van der Waals surface area contributed by atoms with E-state index in [4.69, 9.17) is 21.4 Å². The van der Waals surface area contributed by atoms with E-state index in [1.165, 1.54) is 23.1 Å². The lowest BCUT2D eigenvalue weighted by molar-refractivity contribution is -0.385. The van der Waals surface area contributed by atoms with Gasteiger partial charge < -0.3 is 14.7 Å². The largest absolute Gasteiger partial charge is 0.480 e. The first-order valence-corrected chi connectivity index (χ1v) is 7.91. The standard InChI is InChI=1S/C15H18ClN3O6/c1-17(9-14(20)21)7-11-8-18(4-5-25-11)15(22)12-6-10(16)2-3-13(12)19(23)24/h2-3,6,11H,4-5,7-9H2,1H3,(H,20,21). The Balaban J connectivity index is 2.11. The Morgan fingerprint density at radius 1 is 1.52 bits per heavy atom. The zero-order valence-electron chi connectivity index (χ0n) is 13.6. The number of amides is 1. The molecule has 1 aliphatic heterocycles. The van der Waals surface area contributed by atoms with Crippen LogP contribution in [0.3, 0.4) is 0 Å². The first-order chi connectivity index (χ1) is 11.8. The van der Waals surface area contributed by atoms with Crippen LogP contribution in [0.4, 0.5) is 5.69 Å². The molecule has 1 aliphatic rings. The lowest BCUT2D eigenvalue weighted by Crippen LogP contribution is -2.49. The highest BCUT2D eigenvalue weighted by Crippen LogP contribution is 2.25. The third-order valence-corrected chi connectivity index (χ3v) is 3.97. The Morgan fingerprint density at radius 2 is 2.24 bits per heavy atom. The Kier molecular flexibility index (Phi) is 6.29.